The lowest BCUT2D eigenvalue weighted by Gasteiger charge is -2.07. The third-order valence-corrected chi connectivity index (χ3v) is 4.16. The quantitative estimate of drug-likeness (QED) is 0.634. The summed E-state index contributed by atoms with van der Waals surface area (Å²) in [5.41, 5.74) is 0.370. The molecule has 0 radical (unpaired) electrons. The Bertz CT molecular complexity index is 541. The normalized spacial score (nSPS) is 13.0. The van der Waals surface area contributed by atoms with E-state index in [4.69, 9.17) is 0 Å². The number of benzene rings is 1. The van der Waals surface area contributed by atoms with Crippen LogP contribution in [0.5, 0.6) is 0 Å². The summed E-state index contributed by atoms with van der Waals surface area (Å²) in [6, 6.07) is 6.07. The summed E-state index contributed by atoms with van der Waals surface area (Å²) < 4.78 is 22.8. The zero-order valence-corrected chi connectivity index (χ0v) is 13.4. The molecule has 1 atom stereocenters. The maximum atomic E-state index is 11.9. The number of alkyl halides is 1. The highest BCUT2D eigenvalue weighted by atomic mass is 79.9. The minimum atomic E-state index is -3.28. The summed E-state index contributed by atoms with van der Waals surface area (Å²) in [6.45, 7) is 2.63. The van der Waals surface area contributed by atoms with Gasteiger partial charge in [0.2, 0.25) is 0 Å². The van der Waals surface area contributed by atoms with Crippen molar-refractivity contribution in [3.63, 3.8) is 0 Å². The third-order valence-electron chi connectivity index (χ3n) is 2.59. The van der Waals surface area contributed by atoms with Crippen LogP contribution in [0.3, 0.4) is 0 Å². The number of carbonyl (C=O) groups excluding carboxylic acids is 1. The Labute approximate surface area is 122 Å². The molecule has 0 fully saturated rings. The van der Waals surface area contributed by atoms with Crippen LogP contribution in [0.4, 0.5) is 0 Å². The van der Waals surface area contributed by atoms with Gasteiger partial charge in [-0.15, -0.1) is 0 Å². The molecule has 106 valence electrons. The molecule has 0 saturated heterocycles. The molecule has 1 rings (SSSR count). The van der Waals surface area contributed by atoms with Gasteiger partial charge < -0.3 is 5.32 Å². The summed E-state index contributed by atoms with van der Waals surface area (Å²) in [4.78, 5) is 12.4. The average molecular weight is 348 g/mol. The van der Waals surface area contributed by atoms with Crippen molar-refractivity contribution in [1.82, 2.24) is 5.32 Å². The van der Waals surface area contributed by atoms with Crippen LogP contribution in [0.2, 0.25) is 0 Å². The van der Waals surface area contributed by atoms with Gasteiger partial charge in [-0.2, -0.15) is 0 Å². The van der Waals surface area contributed by atoms with E-state index in [9.17, 15) is 13.2 Å². The molecular weight excluding hydrogens is 330 g/mol. The van der Waals surface area contributed by atoms with Crippen LogP contribution in [0.15, 0.2) is 29.2 Å². The average Bonchev–Trinajstić information content (AvgIpc) is 2.33. The Kier molecular flexibility index (Phi) is 6.00. The first-order valence-electron chi connectivity index (χ1n) is 6.03. The highest BCUT2D eigenvalue weighted by Gasteiger charge is 2.11. The molecule has 6 heteroatoms. The fraction of sp³-hybridized carbons (Fsp3) is 0.462. The molecule has 1 aromatic rings. The number of sulfone groups is 1. The minimum absolute atomic E-state index is 0.161. The lowest BCUT2D eigenvalue weighted by molar-refractivity contribution is 0.0953. The molecule has 19 heavy (non-hydrogen) atoms. The Morgan fingerprint density at radius 1 is 1.42 bits per heavy atom. The Morgan fingerprint density at radius 2 is 2.11 bits per heavy atom. The van der Waals surface area contributed by atoms with E-state index >= 15 is 0 Å². The summed E-state index contributed by atoms with van der Waals surface area (Å²) >= 11 is 3.44. The predicted molar refractivity (Wildman–Crippen MR) is 79.5 cm³/mol. The van der Waals surface area contributed by atoms with E-state index in [1.165, 1.54) is 12.1 Å². The lowest BCUT2D eigenvalue weighted by Crippen LogP contribution is -2.24. The van der Waals surface area contributed by atoms with Gasteiger partial charge in [0.1, 0.15) is 0 Å². The first kappa shape index (κ1) is 16.2. The maximum absolute atomic E-state index is 11.9. The number of carbonyl (C=O) groups is 1. The van der Waals surface area contributed by atoms with Crippen molar-refractivity contribution in [2.75, 3.05) is 12.8 Å². The number of halogens is 1. The van der Waals surface area contributed by atoms with Gasteiger partial charge in [-0.05, 0) is 31.0 Å². The Balaban J connectivity index is 2.63. The van der Waals surface area contributed by atoms with Gasteiger partial charge in [0.25, 0.3) is 5.91 Å². The number of nitrogens with one attached hydrogen (secondary N) is 1. The molecule has 0 aliphatic rings. The van der Waals surface area contributed by atoms with Gasteiger partial charge in [-0.1, -0.05) is 28.9 Å². The van der Waals surface area contributed by atoms with Crippen LogP contribution in [0, 0.1) is 0 Å². The van der Waals surface area contributed by atoms with Gasteiger partial charge in [0.05, 0.1) is 4.90 Å². The molecule has 0 aliphatic carbocycles. The van der Waals surface area contributed by atoms with E-state index in [1.54, 1.807) is 12.1 Å². The van der Waals surface area contributed by atoms with Crippen molar-refractivity contribution in [3.05, 3.63) is 29.8 Å². The molecular formula is C13H18BrNO3S. The highest BCUT2D eigenvalue weighted by Crippen LogP contribution is 2.11. The van der Waals surface area contributed by atoms with Crippen molar-refractivity contribution in [2.45, 2.75) is 29.5 Å². The molecule has 0 aromatic heterocycles. The predicted octanol–water partition coefficient (Wildman–Crippen LogP) is 2.38. The molecule has 1 unspecified atom stereocenters. The molecule has 0 spiro atoms. The molecule has 0 bridgehead atoms. The SMILES string of the molecule is CC(Br)CCCNC(=O)c1cccc(S(C)(=O)=O)c1. The summed E-state index contributed by atoms with van der Waals surface area (Å²) in [6.07, 6.45) is 2.98. The largest absolute Gasteiger partial charge is 0.352 e. The van der Waals surface area contributed by atoms with E-state index < -0.39 is 9.84 Å². The van der Waals surface area contributed by atoms with Crippen LogP contribution in [0.1, 0.15) is 30.1 Å². The zero-order chi connectivity index (χ0) is 14.5. The van der Waals surface area contributed by atoms with Gasteiger partial charge in [0, 0.05) is 23.2 Å². The van der Waals surface area contributed by atoms with Crippen LogP contribution >= 0.6 is 15.9 Å². The first-order valence-corrected chi connectivity index (χ1v) is 8.84. The monoisotopic (exact) mass is 347 g/mol. The summed E-state index contributed by atoms with van der Waals surface area (Å²) in [5, 5.41) is 2.78. The van der Waals surface area contributed by atoms with Crippen molar-refractivity contribution < 1.29 is 13.2 Å². The van der Waals surface area contributed by atoms with Crippen molar-refractivity contribution in [2.24, 2.45) is 0 Å². The van der Waals surface area contributed by atoms with Gasteiger partial charge in [0.15, 0.2) is 9.84 Å². The molecule has 1 aromatic carbocycles. The molecule has 4 nitrogen and oxygen atoms in total. The minimum Gasteiger partial charge on any atom is -0.352 e. The zero-order valence-electron chi connectivity index (χ0n) is 11.0. The number of hydrogen-bond donors (Lipinski definition) is 1. The fourth-order valence-electron chi connectivity index (χ4n) is 1.56. The van der Waals surface area contributed by atoms with Crippen LogP contribution in [-0.2, 0) is 9.84 Å². The lowest BCUT2D eigenvalue weighted by atomic mass is 10.2. The topological polar surface area (TPSA) is 63.2 Å². The first-order chi connectivity index (χ1) is 8.80. The van der Waals surface area contributed by atoms with Gasteiger partial charge >= 0.3 is 0 Å². The Hall–Kier alpha value is -0.880. The van der Waals surface area contributed by atoms with Crippen LogP contribution < -0.4 is 5.32 Å². The van der Waals surface area contributed by atoms with Crippen LogP contribution in [-0.4, -0.2) is 32.0 Å². The van der Waals surface area contributed by atoms with E-state index in [0.717, 1.165) is 19.1 Å². The second kappa shape index (κ2) is 7.05. The summed E-state index contributed by atoms with van der Waals surface area (Å²) in [7, 11) is -3.28. The number of hydrogen-bond acceptors (Lipinski definition) is 3. The highest BCUT2D eigenvalue weighted by molar-refractivity contribution is 9.09. The smallest absolute Gasteiger partial charge is 0.251 e. The van der Waals surface area contributed by atoms with E-state index in [2.05, 4.69) is 28.2 Å². The number of rotatable bonds is 6. The van der Waals surface area contributed by atoms with E-state index in [1.807, 2.05) is 0 Å². The van der Waals surface area contributed by atoms with Crippen molar-refractivity contribution >= 4 is 31.7 Å². The molecule has 0 aliphatic heterocycles. The van der Waals surface area contributed by atoms with E-state index in [-0.39, 0.29) is 10.8 Å². The summed E-state index contributed by atoms with van der Waals surface area (Å²) in [5.74, 6) is -0.243. The van der Waals surface area contributed by atoms with E-state index in [0.29, 0.717) is 16.9 Å². The molecule has 1 N–H and O–H groups in total. The Morgan fingerprint density at radius 3 is 2.68 bits per heavy atom. The second-order valence-electron chi connectivity index (χ2n) is 4.48. The molecule has 0 heterocycles. The number of amides is 1. The fourth-order valence-corrected chi connectivity index (χ4v) is 2.55. The third kappa shape index (κ3) is 5.74. The standard InChI is InChI=1S/C13H18BrNO3S/c1-10(14)5-4-8-15-13(16)11-6-3-7-12(9-11)19(2,17)18/h3,6-7,9-10H,4-5,8H2,1-2H3,(H,15,16). The maximum Gasteiger partial charge on any atom is 0.251 e. The second-order valence-corrected chi connectivity index (χ2v) is 8.06. The van der Waals surface area contributed by atoms with Gasteiger partial charge in [-0.25, -0.2) is 8.42 Å². The molecule has 0 saturated carbocycles. The molecule has 1 amide bonds. The van der Waals surface area contributed by atoms with Crippen LogP contribution in [0.25, 0.3) is 0 Å². The van der Waals surface area contributed by atoms with Gasteiger partial charge in [-0.3, -0.25) is 4.79 Å². The van der Waals surface area contributed by atoms with Crippen molar-refractivity contribution in [1.29, 1.82) is 0 Å². The van der Waals surface area contributed by atoms with Crippen molar-refractivity contribution in [3.8, 4) is 0 Å².